The first-order chi connectivity index (χ1) is 16.2. The third kappa shape index (κ3) is 26.9. The predicted molar refractivity (Wildman–Crippen MR) is 136 cm³/mol. The molecule has 0 fully saturated rings. The SMILES string of the molecule is CCCCCCCC/C=C\CCCCCCCC(=O)NCCC(O)(CCS(=O)(=O)[O-])NCCO.[Na+]. The molecule has 202 valence electrons. The number of carbonyl (C=O) groups excluding carboxylic acids is 1. The molecule has 8 nitrogen and oxygen atoms in total. The van der Waals surface area contributed by atoms with E-state index in [2.05, 4.69) is 29.7 Å². The molecular formula is C25H49N2NaO6S. The van der Waals surface area contributed by atoms with Gasteiger partial charge in [-0.1, -0.05) is 70.4 Å². The van der Waals surface area contributed by atoms with Gasteiger partial charge in [0.05, 0.1) is 16.7 Å². The Morgan fingerprint density at radius 2 is 1.43 bits per heavy atom. The minimum atomic E-state index is -4.46. The topological polar surface area (TPSA) is 139 Å². The Morgan fingerprint density at radius 1 is 0.886 bits per heavy atom. The fraction of sp³-hybridized carbons (Fsp3) is 0.880. The van der Waals surface area contributed by atoms with Gasteiger partial charge in [-0.05, 0) is 32.1 Å². The molecule has 0 saturated heterocycles. The van der Waals surface area contributed by atoms with Crippen molar-refractivity contribution in [3.05, 3.63) is 12.2 Å². The van der Waals surface area contributed by atoms with Crippen LogP contribution >= 0.6 is 0 Å². The van der Waals surface area contributed by atoms with Gasteiger partial charge in [0.15, 0.2) is 0 Å². The second kappa shape index (κ2) is 24.3. The number of aliphatic hydroxyl groups is 2. The van der Waals surface area contributed by atoms with Crippen molar-refractivity contribution in [2.24, 2.45) is 0 Å². The molecule has 0 rings (SSSR count). The molecule has 0 radical (unpaired) electrons. The van der Waals surface area contributed by atoms with E-state index < -0.39 is 21.6 Å². The molecule has 0 aliphatic rings. The molecule has 0 aromatic rings. The number of allylic oxidation sites excluding steroid dienone is 2. The molecule has 0 heterocycles. The van der Waals surface area contributed by atoms with Crippen molar-refractivity contribution in [1.82, 2.24) is 10.6 Å². The molecule has 4 N–H and O–H groups in total. The summed E-state index contributed by atoms with van der Waals surface area (Å²) < 4.78 is 32.5. The van der Waals surface area contributed by atoms with Crippen LogP contribution in [0.1, 0.15) is 110 Å². The molecule has 0 aliphatic carbocycles. The van der Waals surface area contributed by atoms with Gasteiger partial charge in [0, 0.05) is 38.1 Å². The normalized spacial score (nSPS) is 13.5. The van der Waals surface area contributed by atoms with Crippen LogP contribution in [-0.2, 0) is 14.9 Å². The zero-order chi connectivity index (χ0) is 25.5. The van der Waals surface area contributed by atoms with Gasteiger partial charge in [0.1, 0.15) is 5.72 Å². The number of hydrogen-bond donors (Lipinski definition) is 4. The Labute approximate surface area is 236 Å². The minimum Gasteiger partial charge on any atom is -0.748 e. The first-order valence-electron chi connectivity index (χ1n) is 13.2. The molecular weight excluding hydrogens is 479 g/mol. The van der Waals surface area contributed by atoms with Crippen molar-refractivity contribution in [3.63, 3.8) is 0 Å². The van der Waals surface area contributed by atoms with Crippen LogP contribution in [0.3, 0.4) is 0 Å². The van der Waals surface area contributed by atoms with Crippen molar-refractivity contribution in [1.29, 1.82) is 0 Å². The van der Waals surface area contributed by atoms with Gasteiger partial charge in [0.25, 0.3) is 0 Å². The summed E-state index contributed by atoms with van der Waals surface area (Å²) in [4.78, 5) is 12.0. The number of aliphatic hydroxyl groups excluding tert-OH is 1. The monoisotopic (exact) mass is 528 g/mol. The fourth-order valence-corrected chi connectivity index (χ4v) is 4.33. The molecule has 0 spiro atoms. The first kappa shape index (κ1) is 37.2. The maximum atomic E-state index is 12.0. The summed E-state index contributed by atoms with van der Waals surface area (Å²) in [5.74, 6) is -0.830. The van der Waals surface area contributed by atoms with Gasteiger partial charge >= 0.3 is 29.6 Å². The molecule has 0 saturated carbocycles. The third-order valence-electron chi connectivity index (χ3n) is 5.86. The summed E-state index contributed by atoms with van der Waals surface area (Å²) >= 11 is 0. The van der Waals surface area contributed by atoms with E-state index >= 15 is 0 Å². The molecule has 1 atom stereocenters. The Hall–Kier alpha value is -0.000000000000000222. The van der Waals surface area contributed by atoms with E-state index in [1.807, 2.05) is 0 Å². The Bertz CT molecular complexity index is 633. The summed E-state index contributed by atoms with van der Waals surface area (Å²) in [5.41, 5.74) is -1.63. The van der Waals surface area contributed by atoms with E-state index in [1.165, 1.54) is 51.4 Å². The molecule has 0 aromatic carbocycles. The quantitative estimate of drug-likeness (QED) is 0.0476. The van der Waals surface area contributed by atoms with E-state index in [-0.39, 0.29) is 68.0 Å². The molecule has 0 aliphatic heterocycles. The van der Waals surface area contributed by atoms with E-state index in [0.717, 1.165) is 32.1 Å². The fourth-order valence-electron chi connectivity index (χ4n) is 3.74. The molecule has 0 bridgehead atoms. The molecule has 1 amide bonds. The van der Waals surface area contributed by atoms with Gasteiger partial charge in [-0.25, -0.2) is 8.42 Å². The number of hydrogen-bond acceptors (Lipinski definition) is 7. The summed E-state index contributed by atoms with van der Waals surface area (Å²) in [7, 11) is -4.46. The molecule has 35 heavy (non-hydrogen) atoms. The maximum absolute atomic E-state index is 12.0. The molecule has 0 aromatic heterocycles. The van der Waals surface area contributed by atoms with E-state index in [4.69, 9.17) is 5.11 Å². The zero-order valence-electron chi connectivity index (χ0n) is 22.2. The van der Waals surface area contributed by atoms with E-state index in [0.29, 0.717) is 6.42 Å². The average molecular weight is 529 g/mol. The van der Waals surface area contributed by atoms with Crippen molar-refractivity contribution >= 4 is 16.0 Å². The Kier molecular flexibility index (Phi) is 25.8. The zero-order valence-corrected chi connectivity index (χ0v) is 25.0. The van der Waals surface area contributed by atoms with Crippen LogP contribution in [0.15, 0.2) is 12.2 Å². The van der Waals surface area contributed by atoms with Gasteiger partial charge in [0.2, 0.25) is 5.91 Å². The van der Waals surface area contributed by atoms with Crippen LogP contribution in [0.2, 0.25) is 0 Å². The number of unbranched alkanes of at least 4 members (excludes halogenated alkanes) is 11. The summed E-state index contributed by atoms with van der Waals surface area (Å²) in [6, 6.07) is 0. The van der Waals surface area contributed by atoms with Crippen LogP contribution in [0.4, 0.5) is 0 Å². The second-order valence-corrected chi connectivity index (χ2v) is 10.7. The average Bonchev–Trinajstić information content (AvgIpc) is 2.78. The first-order valence-corrected chi connectivity index (χ1v) is 14.7. The number of nitrogens with one attached hydrogen (secondary N) is 2. The Morgan fingerprint density at radius 3 is 1.97 bits per heavy atom. The maximum Gasteiger partial charge on any atom is 1.00 e. The van der Waals surface area contributed by atoms with E-state index in [1.54, 1.807) is 0 Å². The third-order valence-corrected chi connectivity index (χ3v) is 6.56. The van der Waals surface area contributed by atoms with Gasteiger partial charge in [-0.3, -0.25) is 10.1 Å². The smallest absolute Gasteiger partial charge is 0.748 e. The Balaban J connectivity index is 0. The molecule has 10 heteroatoms. The summed E-state index contributed by atoms with van der Waals surface area (Å²) in [5, 5.41) is 24.7. The van der Waals surface area contributed by atoms with Crippen molar-refractivity contribution < 1.29 is 57.5 Å². The number of rotatable bonds is 24. The largest absolute Gasteiger partial charge is 1.00 e. The minimum absolute atomic E-state index is 0. The predicted octanol–water partition coefficient (Wildman–Crippen LogP) is 0.740. The van der Waals surface area contributed by atoms with E-state index in [9.17, 15) is 22.9 Å². The number of carbonyl (C=O) groups is 1. The number of amides is 1. The van der Waals surface area contributed by atoms with Crippen LogP contribution in [0.25, 0.3) is 0 Å². The second-order valence-electron chi connectivity index (χ2n) is 9.13. The van der Waals surface area contributed by atoms with Gasteiger partial charge < -0.3 is 20.1 Å². The van der Waals surface area contributed by atoms with Crippen LogP contribution < -0.4 is 40.2 Å². The standard InChI is InChI=1S/C25H50N2O6S.Na/c1-2-3-4-5-6-7-8-9-10-11-12-13-14-15-16-17-24(29)26-20-18-25(30,27-21-22-28)19-23-34(31,32)33;/h9-10,27-28,30H,2-8,11-23H2,1H3,(H,26,29)(H,31,32,33);/q;+1/p-1/b10-9-;. The van der Waals surface area contributed by atoms with Crippen LogP contribution in [-0.4, -0.2) is 60.3 Å². The van der Waals surface area contributed by atoms with Crippen molar-refractivity contribution in [2.45, 2.75) is 115 Å². The van der Waals surface area contributed by atoms with Gasteiger partial charge in [-0.15, -0.1) is 0 Å². The van der Waals surface area contributed by atoms with Crippen LogP contribution in [0.5, 0.6) is 0 Å². The van der Waals surface area contributed by atoms with Crippen molar-refractivity contribution in [2.75, 3.05) is 25.4 Å². The van der Waals surface area contributed by atoms with Crippen LogP contribution in [0, 0.1) is 0 Å². The van der Waals surface area contributed by atoms with Gasteiger partial charge in [-0.2, -0.15) is 0 Å². The van der Waals surface area contributed by atoms with Crippen molar-refractivity contribution in [3.8, 4) is 0 Å². The molecule has 1 unspecified atom stereocenters. The summed E-state index contributed by atoms with van der Waals surface area (Å²) in [6.07, 6.45) is 20.3. The summed E-state index contributed by atoms with van der Waals surface area (Å²) in [6.45, 7) is 2.20.